The molecule has 0 aromatic heterocycles. The van der Waals surface area contributed by atoms with Gasteiger partial charge in [-0.15, -0.1) is 0 Å². The van der Waals surface area contributed by atoms with Crippen molar-refractivity contribution in [1.82, 2.24) is 4.90 Å². The van der Waals surface area contributed by atoms with E-state index in [2.05, 4.69) is 0 Å². The maximum Gasteiger partial charge on any atom is 0.295 e. The van der Waals surface area contributed by atoms with Crippen LogP contribution in [-0.2, 0) is 20.9 Å². The lowest BCUT2D eigenvalue weighted by atomic mass is 9.93. The fourth-order valence-corrected chi connectivity index (χ4v) is 4.30. The van der Waals surface area contributed by atoms with E-state index in [0.717, 1.165) is 5.56 Å². The summed E-state index contributed by atoms with van der Waals surface area (Å²) in [5.41, 5.74) is 2.28. The molecule has 1 atom stereocenters. The molecule has 9 nitrogen and oxygen atoms in total. The molecular formula is C28H26N2O7. The molecule has 1 saturated heterocycles. The third kappa shape index (κ3) is 5.36. The van der Waals surface area contributed by atoms with Gasteiger partial charge in [0.2, 0.25) is 0 Å². The maximum absolute atomic E-state index is 13.1. The summed E-state index contributed by atoms with van der Waals surface area (Å²) < 4.78 is 11.0. The summed E-state index contributed by atoms with van der Waals surface area (Å²) in [5, 5.41) is 22.4. The zero-order chi connectivity index (χ0) is 26.5. The van der Waals surface area contributed by atoms with Gasteiger partial charge in [-0.25, -0.2) is 0 Å². The van der Waals surface area contributed by atoms with Crippen LogP contribution in [0.15, 0.2) is 78.4 Å². The van der Waals surface area contributed by atoms with Gasteiger partial charge in [-0.2, -0.15) is 0 Å². The molecule has 37 heavy (non-hydrogen) atoms. The quantitative estimate of drug-likeness (QED) is 0.150. The van der Waals surface area contributed by atoms with Gasteiger partial charge >= 0.3 is 0 Å². The van der Waals surface area contributed by atoms with Gasteiger partial charge < -0.3 is 19.5 Å². The molecule has 0 unspecified atom stereocenters. The van der Waals surface area contributed by atoms with Crippen LogP contribution in [0.5, 0.6) is 5.75 Å². The summed E-state index contributed by atoms with van der Waals surface area (Å²) in [6.45, 7) is 2.41. The standard InChI is InChI=1S/C28H26N2O7/c1-18-16-22(37-17-19-6-4-3-5-7-19)12-13-23(18)26(31)24-25(20-8-10-21(11-9-20)30(34)35)29(14-15-36-2)28(33)27(24)32/h3-13,16,25,31H,14-15,17H2,1-2H3/t25-/m1/s1. The number of non-ortho nitro benzene ring substituents is 1. The number of aryl methyl sites for hydroxylation is 1. The van der Waals surface area contributed by atoms with Crippen LogP contribution in [0.1, 0.15) is 28.3 Å². The smallest absolute Gasteiger partial charge is 0.295 e. The van der Waals surface area contributed by atoms with E-state index in [1.165, 1.54) is 36.3 Å². The number of carbonyl (C=O) groups is 2. The molecule has 0 bridgehead atoms. The molecule has 1 aliphatic heterocycles. The normalized spacial score (nSPS) is 16.7. The number of aliphatic hydroxyl groups excluding tert-OH is 1. The highest BCUT2D eigenvalue weighted by atomic mass is 16.6. The molecule has 0 spiro atoms. The molecule has 0 saturated carbocycles. The van der Waals surface area contributed by atoms with E-state index >= 15 is 0 Å². The number of methoxy groups -OCH3 is 1. The Labute approximate surface area is 213 Å². The third-order valence-electron chi connectivity index (χ3n) is 6.20. The topological polar surface area (TPSA) is 119 Å². The largest absolute Gasteiger partial charge is 0.507 e. The first kappa shape index (κ1) is 25.6. The van der Waals surface area contributed by atoms with Crippen LogP contribution in [0.25, 0.3) is 5.76 Å². The number of hydrogen-bond donors (Lipinski definition) is 1. The second-order valence-electron chi connectivity index (χ2n) is 8.58. The molecule has 0 radical (unpaired) electrons. The number of Topliss-reactive ketones (excluding diaryl/α,β-unsaturated/α-hetero) is 1. The van der Waals surface area contributed by atoms with Crippen LogP contribution in [0.4, 0.5) is 5.69 Å². The van der Waals surface area contributed by atoms with E-state index in [0.29, 0.717) is 29.0 Å². The van der Waals surface area contributed by atoms with Crippen LogP contribution >= 0.6 is 0 Å². The Morgan fingerprint density at radius 2 is 1.76 bits per heavy atom. The Hall–Kier alpha value is -4.50. The van der Waals surface area contributed by atoms with E-state index in [9.17, 15) is 24.8 Å². The third-order valence-corrected chi connectivity index (χ3v) is 6.20. The van der Waals surface area contributed by atoms with Crippen molar-refractivity contribution >= 4 is 23.1 Å². The van der Waals surface area contributed by atoms with Crippen LogP contribution in [0.2, 0.25) is 0 Å². The maximum atomic E-state index is 13.1. The minimum Gasteiger partial charge on any atom is -0.507 e. The van der Waals surface area contributed by atoms with Crippen molar-refractivity contribution in [3.63, 3.8) is 0 Å². The molecule has 4 rings (SSSR count). The number of nitro groups is 1. The van der Waals surface area contributed by atoms with Gasteiger partial charge in [-0.3, -0.25) is 19.7 Å². The van der Waals surface area contributed by atoms with E-state index < -0.39 is 22.7 Å². The SMILES string of the molecule is COCCN1C(=O)C(=O)C(=C(O)c2ccc(OCc3ccccc3)cc2C)[C@H]1c1ccc([N+](=O)[O-])cc1. The first-order valence-corrected chi connectivity index (χ1v) is 11.6. The summed E-state index contributed by atoms with van der Waals surface area (Å²) in [6.07, 6.45) is 0. The van der Waals surface area contributed by atoms with Crippen molar-refractivity contribution in [3.05, 3.63) is 111 Å². The average Bonchev–Trinajstić information content (AvgIpc) is 3.16. The highest BCUT2D eigenvalue weighted by Gasteiger charge is 2.46. The Kier molecular flexibility index (Phi) is 7.64. The number of likely N-dealkylation sites (tertiary alicyclic amines) is 1. The number of aliphatic hydroxyl groups is 1. The zero-order valence-corrected chi connectivity index (χ0v) is 20.4. The van der Waals surface area contributed by atoms with Crippen molar-refractivity contribution in [2.75, 3.05) is 20.3 Å². The summed E-state index contributed by atoms with van der Waals surface area (Å²) in [6, 6.07) is 19.4. The Bertz CT molecular complexity index is 1350. The zero-order valence-electron chi connectivity index (χ0n) is 20.4. The van der Waals surface area contributed by atoms with Gasteiger partial charge in [0.1, 0.15) is 18.1 Å². The van der Waals surface area contributed by atoms with Crippen molar-refractivity contribution in [2.45, 2.75) is 19.6 Å². The molecule has 1 aliphatic rings. The predicted molar refractivity (Wildman–Crippen MR) is 136 cm³/mol. The van der Waals surface area contributed by atoms with Gasteiger partial charge in [0.05, 0.1) is 23.1 Å². The fourth-order valence-electron chi connectivity index (χ4n) is 4.30. The number of nitrogens with zero attached hydrogens (tertiary/aromatic N) is 2. The number of carbonyl (C=O) groups excluding carboxylic acids is 2. The second-order valence-corrected chi connectivity index (χ2v) is 8.58. The lowest BCUT2D eigenvalue weighted by molar-refractivity contribution is -0.384. The lowest BCUT2D eigenvalue weighted by Crippen LogP contribution is -2.32. The van der Waals surface area contributed by atoms with Crippen LogP contribution < -0.4 is 4.74 Å². The minimum absolute atomic E-state index is 0.0870. The molecule has 0 aliphatic carbocycles. The van der Waals surface area contributed by atoms with Gasteiger partial charge in [0.15, 0.2) is 0 Å². The summed E-state index contributed by atoms with van der Waals surface area (Å²) in [5.74, 6) is -1.35. The van der Waals surface area contributed by atoms with Gasteiger partial charge in [0.25, 0.3) is 17.4 Å². The molecule has 1 fully saturated rings. The summed E-state index contributed by atoms with van der Waals surface area (Å²) in [4.78, 5) is 37.9. The van der Waals surface area contributed by atoms with E-state index in [4.69, 9.17) is 9.47 Å². The molecule has 9 heteroatoms. The van der Waals surface area contributed by atoms with E-state index in [1.54, 1.807) is 25.1 Å². The van der Waals surface area contributed by atoms with Crippen molar-refractivity contribution in [2.24, 2.45) is 0 Å². The average molecular weight is 503 g/mol. The molecule has 3 aromatic rings. The first-order chi connectivity index (χ1) is 17.8. The van der Waals surface area contributed by atoms with Crippen molar-refractivity contribution < 1.29 is 29.1 Å². The van der Waals surface area contributed by atoms with Gasteiger partial charge in [0, 0.05) is 31.4 Å². The van der Waals surface area contributed by atoms with E-state index in [1.807, 2.05) is 30.3 Å². The number of hydrogen-bond acceptors (Lipinski definition) is 7. The van der Waals surface area contributed by atoms with Crippen molar-refractivity contribution in [3.8, 4) is 5.75 Å². The van der Waals surface area contributed by atoms with Crippen LogP contribution in [-0.4, -0.2) is 46.9 Å². The highest BCUT2D eigenvalue weighted by molar-refractivity contribution is 6.46. The summed E-state index contributed by atoms with van der Waals surface area (Å²) in [7, 11) is 1.47. The highest BCUT2D eigenvalue weighted by Crippen LogP contribution is 2.40. The molecule has 3 aromatic carbocycles. The number of ether oxygens (including phenoxy) is 2. The molecule has 190 valence electrons. The van der Waals surface area contributed by atoms with Crippen LogP contribution in [0.3, 0.4) is 0 Å². The molecule has 1 amide bonds. The Morgan fingerprint density at radius 1 is 1.05 bits per heavy atom. The monoisotopic (exact) mass is 502 g/mol. The number of benzene rings is 3. The molecule has 1 heterocycles. The number of rotatable bonds is 9. The predicted octanol–water partition coefficient (Wildman–Crippen LogP) is 4.55. The fraction of sp³-hybridized carbons (Fsp3) is 0.214. The first-order valence-electron chi connectivity index (χ1n) is 11.6. The van der Waals surface area contributed by atoms with Gasteiger partial charge in [-0.1, -0.05) is 30.3 Å². The molecular weight excluding hydrogens is 476 g/mol. The van der Waals surface area contributed by atoms with Gasteiger partial charge in [-0.05, 0) is 53.9 Å². The Balaban J connectivity index is 1.71. The summed E-state index contributed by atoms with van der Waals surface area (Å²) >= 11 is 0. The second kappa shape index (κ2) is 11.0. The van der Waals surface area contributed by atoms with E-state index in [-0.39, 0.29) is 30.2 Å². The van der Waals surface area contributed by atoms with Crippen LogP contribution in [0, 0.1) is 17.0 Å². The number of ketones is 1. The minimum atomic E-state index is -0.927. The molecule has 1 N–H and O–H groups in total. The Morgan fingerprint density at radius 3 is 2.38 bits per heavy atom. The number of nitro benzene ring substituents is 1. The van der Waals surface area contributed by atoms with Crippen molar-refractivity contribution in [1.29, 1.82) is 0 Å². The number of amides is 1. The lowest BCUT2D eigenvalue weighted by Gasteiger charge is -2.25.